The molecule has 16 heavy (non-hydrogen) atoms. The molecule has 2 aromatic rings. The SMILES string of the molecule is COC(=O)c1ccn2nc(C3CC3)nc2c1. The van der Waals surface area contributed by atoms with Gasteiger partial charge in [-0.05, 0) is 25.0 Å². The van der Waals surface area contributed by atoms with Crippen LogP contribution in [0.2, 0.25) is 0 Å². The minimum absolute atomic E-state index is 0.349. The number of nitrogens with zero attached hydrogens (tertiary/aromatic N) is 3. The molecule has 0 spiro atoms. The number of methoxy groups -OCH3 is 1. The summed E-state index contributed by atoms with van der Waals surface area (Å²) in [4.78, 5) is 15.7. The number of hydrogen-bond donors (Lipinski definition) is 0. The van der Waals surface area contributed by atoms with Crippen LogP contribution in [0.1, 0.15) is 34.9 Å². The molecule has 0 aromatic carbocycles. The van der Waals surface area contributed by atoms with Crippen molar-refractivity contribution in [2.45, 2.75) is 18.8 Å². The lowest BCUT2D eigenvalue weighted by Gasteiger charge is -1.97. The number of carbonyl (C=O) groups excluding carboxylic acids is 1. The topological polar surface area (TPSA) is 56.5 Å². The van der Waals surface area contributed by atoms with E-state index in [2.05, 4.69) is 14.8 Å². The molecular formula is C11H11N3O2. The Morgan fingerprint density at radius 1 is 1.56 bits per heavy atom. The largest absolute Gasteiger partial charge is 0.465 e. The summed E-state index contributed by atoms with van der Waals surface area (Å²) < 4.78 is 6.35. The molecular weight excluding hydrogens is 206 g/mol. The predicted octanol–water partition coefficient (Wildman–Crippen LogP) is 1.39. The summed E-state index contributed by atoms with van der Waals surface area (Å²) in [5, 5.41) is 4.35. The van der Waals surface area contributed by atoms with Crippen LogP contribution in [0.3, 0.4) is 0 Å². The highest BCUT2D eigenvalue weighted by Crippen LogP contribution is 2.38. The molecule has 2 heterocycles. The van der Waals surface area contributed by atoms with E-state index in [1.54, 1.807) is 22.8 Å². The maximum atomic E-state index is 11.3. The van der Waals surface area contributed by atoms with Gasteiger partial charge in [-0.2, -0.15) is 5.10 Å². The van der Waals surface area contributed by atoms with Gasteiger partial charge in [0.1, 0.15) is 0 Å². The van der Waals surface area contributed by atoms with Gasteiger partial charge < -0.3 is 4.74 Å². The van der Waals surface area contributed by atoms with Crippen molar-refractivity contribution in [3.05, 3.63) is 29.7 Å². The molecule has 0 N–H and O–H groups in total. The summed E-state index contributed by atoms with van der Waals surface area (Å²) in [7, 11) is 1.37. The Bertz CT molecular complexity index is 557. The molecule has 0 amide bonds. The van der Waals surface area contributed by atoms with Gasteiger partial charge >= 0.3 is 5.97 Å². The van der Waals surface area contributed by atoms with E-state index in [0.717, 1.165) is 5.82 Å². The van der Waals surface area contributed by atoms with Crippen LogP contribution in [0.15, 0.2) is 18.3 Å². The minimum Gasteiger partial charge on any atom is -0.465 e. The van der Waals surface area contributed by atoms with Gasteiger partial charge in [-0.15, -0.1) is 0 Å². The van der Waals surface area contributed by atoms with Crippen molar-refractivity contribution in [1.82, 2.24) is 14.6 Å². The van der Waals surface area contributed by atoms with Gasteiger partial charge in [0, 0.05) is 12.1 Å². The summed E-state index contributed by atoms with van der Waals surface area (Å²) in [6.45, 7) is 0. The molecule has 1 fully saturated rings. The van der Waals surface area contributed by atoms with Crippen LogP contribution in [-0.2, 0) is 4.74 Å². The maximum Gasteiger partial charge on any atom is 0.338 e. The Morgan fingerprint density at radius 2 is 2.38 bits per heavy atom. The van der Waals surface area contributed by atoms with Gasteiger partial charge in [-0.25, -0.2) is 14.3 Å². The standard InChI is InChI=1S/C11H11N3O2/c1-16-11(15)8-4-5-14-9(6-8)12-10(13-14)7-2-3-7/h4-7H,2-3H2,1H3. The Labute approximate surface area is 92.1 Å². The van der Waals surface area contributed by atoms with Crippen LogP contribution < -0.4 is 0 Å². The monoisotopic (exact) mass is 217 g/mol. The molecule has 1 aliphatic carbocycles. The Kier molecular flexibility index (Phi) is 1.92. The third kappa shape index (κ3) is 1.44. The fourth-order valence-electron chi connectivity index (χ4n) is 1.66. The van der Waals surface area contributed by atoms with Crippen molar-refractivity contribution in [3.63, 3.8) is 0 Å². The average Bonchev–Trinajstić information content (AvgIpc) is 3.07. The van der Waals surface area contributed by atoms with Crippen LogP contribution in [0.5, 0.6) is 0 Å². The summed E-state index contributed by atoms with van der Waals surface area (Å²) >= 11 is 0. The molecule has 3 rings (SSSR count). The normalized spacial score (nSPS) is 15.3. The van der Waals surface area contributed by atoms with Crippen molar-refractivity contribution in [1.29, 1.82) is 0 Å². The highest BCUT2D eigenvalue weighted by molar-refractivity contribution is 5.90. The Hall–Kier alpha value is -1.91. The number of fused-ring (bicyclic) bond motifs is 1. The zero-order valence-corrected chi connectivity index (χ0v) is 8.88. The lowest BCUT2D eigenvalue weighted by atomic mass is 10.3. The van der Waals surface area contributed by atoms with Crippen molar-refractivity contribution >= 4 is 11.6 Å². The second-order valence-corrected chi connectivity index (χ2v) is 3.95. The molecule has 0 atom stereocenters. The van der Waals surface area contributed by atoms with Gasteiger partial charge in [0.25, 0.3) is 0 Å². The van der Waals surface area contributed by atoms with Crippen LogP contribution in [-0.4, -0.2) is 27.7 Å². The molecule has 5 nitrogen and oxygen atoms in total. The number of aromatic nitrogens is 3. The summed E-state index contributed by atoms with van der Waals surface area (Å²) in [6, 6.07) is 3.38. The van der Waals surface area contributed by atoms with E-state index in [-0.39, 0.29) is 5.97 Å². The van der Waals surface area contributed by atoms with Crippen molar-refractivity contribution in [2.75, 3.05) is 7.11 Å². The first-order valence-electron chi connectivity index (χ1n) is 5.22. The summed E-state index contributed by atoms with van der Waals surface area (Å²) in [5.41, 5.74) is 1.20. The van der Waals surface area contributed by atoms with Crippen molar-refractivity contribution < 1.29 is 9.53 Å². The van der Waals surface area contributed by atoms with E-state index >= 15 is 0 Å². The molecule has 5 heteroatoms. The minimum atomic E-state index is -0.349. The Balaban J connectivity index is 2.06. The van der Waals surface area contributed by atoms with Crippen LogP contribution >= 0.6 is 0 Å². The quantitative estimate of drug-likeness (QED) is 0.713. The number of hydrogen-bond acceptors (Lipinski definition) is 4. The van der Waals surface area contributed by atoms with Crippen LogP contribution in [0, 0.1) is 0 Å². The lowest BCUT2D eigenvalue weighted by Crippen LogP contribution is -2.02. The summed E-state index contributed by atoms with van der Waals surface area (Å²) in [5.74, 6) is 1.04. The third-order valence-corrected chi connectivity index (χ3v) is 2.72. The van der Waals surface area contributed by atoms with Gasteiger partial charge in [-0.1, -0.05) is 0 Å². The fraction of sp³-hybridized carbons (Fsp3) is 0.364. The number of rotatable bonds is 2. The molecule has 0 radical (unpaired) electrons. The number of pyridine rings is 1. The lowest BCUT2D eigenvalue weighted by molar-refractivity contribution is 0.0600. The number of ether oxygens (including phenoxy) is 1. The van der Waals surface area contributed by atoms with Gasteiger partial charge in [-0.3, -0.25) is 0 Å². The maximum absolute atomic E-state index is 11.3. The van der Waals surface area contributed by atoms with Crippen LogP contribution in [0.25, 0.3) is 5.65 Å². The third-order valence-electron chi connectivity index (χ3n) is 2.72. The van der Waals surface area contributed by atoms with Gasteiger partial charge in [0.2, 0.25) is 0 Å². The van der Waals surface area contributed by atoms with E-state index < -0.39 is 0 Å². The Morgan fingerprint density at radius 3 is 3.06 bits per heavy atom. The molecule has 2 aromatic heterocycles. The van der Waals surface area contributed by atoms with Gasteiger partial charge in [0.15, 0.2) is 11.5 Å². The fourth-order valence-corrected chi connectivity index (χ4v) is 1.66. The van der Waals surface area contributed by atoms with Gasteiger partial charge in [0.05, 0.1) is 12.7 Å². The van der Waals surface area contributed by atoms with E-state index in [4.69, 9.17) is 0 Å². The smallest absolute Gasteiger partial charge is 0.338 e. The van der Waals surface area contributed by atoms with Crippen molar-refractivity contribution in [2.24, 2.45) is 0 Å². The highest BCUT2D eigenvalue weighted by atomic mass is 16.5. The molecule has 0 bridgehead atoms. The van der Waals surface area contributed by atoms with Crippen LogP contribution in [0.4, 0.5) is 0 Å². The first-order valence-corrected chi connectivity index (χ1v) is 5.22. The zero-order chi connectivity index (χ0) is 11.1. The van der Waals surface area contributed by atoms with E-state index in [1.807, 2.05) is 0 Å². The second kappa shape index (κ2) is 3.30. The average molecular weight is 217 g/mol. The van der Waals surface area contributed by atoms with Crippen molar-refractivity contribution in [3.8, 4) is 0 Å². The number of esters is 1. The summed E-state index contributed by atoms with van der Waals surface area (Å²) in [6.07, 6.45) is 4.07. The van der Waals surface area contributed by atoms with E-state index in [0.29, 0.717) is 17.1 Å². The number of carbonyl (C=O) groups is 1. The first-order chi connectivity index (χ1) is 7.78. The predicted molar refractivity (Wildman–Crippen MR) is 56.3 cm³/mol. The highest BCUT2D eigenvalue weighted by Gasteiger charge is 2.27. The van der Waals surface area contributed by atoms with E-state index in [1.165, 1.54) is 20.0 Å². The second-order valence-electron chi connectivity index (χ2n) is 3.95. The molecule has 0 unspecified atom stereocenters. The van der Waals surface area contributed by atoms with E-state index in [9.17, 15) is 4.79 Å². The molecule has 0 saturated heterocycles. The molecule has 1 saturated carbocycles. The molecule has 0 aliphatic heterocycles. The molecule has 1 aliphatic rings. The zero-order valence-electron chi connectivity index (χ0n) is 8.88. The molecule has 82 valence electrons. The first kappa shape index (κ1) is 9.33.